The minimum Gasteiger partial charge on any atom is -0.496 e. The zero-order valence-corrected chi connectivity index (χ0v) is 13.2. The molecule has 4 rings (SSSR count). The number of benzene rings is 2. The van der Waals surface area contributed by atoms with E-state index in [4.69, 9.17) is 4.74 Å². The molecule has 0 unspecified atom stereocenters. The predicted molar refractivity (Wildman–Crippen MR) is 91.3 cm³/mol. The van der Waals surface area contributed by atoms with E-state index in [0.29, 0.717) is 5.56 Å². The van der Waals surface area contributed by atoms with Gasteiger partial charge in [0.05, 0.1) is 24.4 Å². The number of hydrogen-bond acceptors (Lipinski definition) is 3. The first-order valence-corrected chi connectivity index (χ1v) is 7.89. The van der Waals surface area contributed by atoms with Gasteiger partial charge < -0.3 is 4.74 Å². The Kier molecular flexibility index (Phi) is 3.18. The summed E-state index contributed by atoms with van der Waals surface area (Å²) in [4.78, 5) is 19.6. The third-order valence-electron chi connectivity index (χ3n) is 4.63. The number of nitrogens with zero attached hydrogens (tertiary/aromatic N) is 2. The van der Waals surface area contributed by atoms with Crippen LogP contribution in [0.3, 0.4) is 0 Å². The molecule has 2 aromatic rings. The number of ether oxygens (including phenoxy) is 1. The lowest BCUT2D eigenvalue weighted by molar-refractivity contribution is 0.0987. The van der Waals surface area contributed by atoms with E-state index in [2.05, 4.69) is 18.0 Å². The van der Waals surface area contributed by atoms with E-state index in [0.717, 1.165) is 35.5 Å². The molecule has 0 radical (unpaired) electrons. The number of para-hydroxylation sites is 1. The van der Waals surface area contributed by atoms with Crippen molar-refractivity contribution in [2.75, 3.05) is 12.0 Å². The topological polar surface area (TPSA) is 41.9 Å². The molecule has 0 aliphatic carbocycles. The zero-order chi connectivity index (χ0) is 16.0. The van der Waals surface area contributed by atoms with Gasteiger partial charge in [-0.1, -0.05) is 25.1 Å². The Morgan fingerprint density at radius 1 is 1.30 bits per heavy atom. The number of amides is 1. The molecule has 116 valence electrons. The molecule has 2 heterocycles. The fourth-order valence-corrected chi connectivity index (χ4v) is 3.45. The number of aliphatic imine (C=N–C) groups is 1. The average molecular weight is 306 g/mol. The molecule has 0 aromatic heterocycles. The highest BCUT2D eigenvalue weighted by Gasteiger charge is 2.36. The number of anilines is 1. The fraction of sp³-hybridized carbons (Fsp3) is 0.263. The van der Waals surface area contributed by atoms with Crippen molar-refractivity contribution in [3.63, 3.8) is 0 Å². The molecule has 23 heavy (non-hydrogen) atoms. The molecule has 2 aromatic carbocycles. The summed E-state index contributed by atoms with van der Waals surface area (Å²) in [5, 5.41) is 0. The number of fused-ring (bicyclic) bond motifs is 4. The number of methoxy groups -OCH3 is 1. The van der Waals surface area contributed by atoms with Crippen LogP contribution in [0.5, 0.6) is 5.75 Å². The van der Waals surface area contributed by atoms with Crippen LogP contribution in [0.4, 0.5) is 11.4 Å². The SMILES string of the molecule is CCc1cc2c(cc1OC)C(=O)N1c3ccccc3C[C@H]1C=N2. The second kappa shape index (κ2) is 5.23. The van der Waals surface area contributed by atoms with E-state index >= 15 is 0 Å². The quantitative estimate of drug-likeness (QED) is 0.851. The summed E-state index contributed by atoms with van der Waals surface area (Å²) < 4.78 is 5.45. The largest absolute Gasteiger partial charge is 0.496 e. The lowest BCUT2D eigenvalue weighted by atomic mass is 10.0. The Bertz CT molecular complexity index is 826. The third kappa shape index (κ3) is 2.05. The Morgan fingerprint density at radius 2 is 2.13 bits per heavy atom. The van der Waals surface area contributed by atoms with Gasteiger partial charge in [0.25, 0.3) is 5.91 Å². The van der Waals surface area contributed by atoms with Gasteiger partial charge in [-0.05, 0) is 35.7 Å². The highest BCUT2D eigenvalue weighted by atomic mass is 16.5. The van der Waals surface area contributed by atoms with Gasteiger partial charge in [-0.15, -0.1) is 0 Å². The van der Waals surface area contributed by atoms with Crippen LogP contribution in [0, 0.1) is 0 Å². The average Bonchev–Trinajstić information content (AvgIpc) is 2.90. The fourth-order valence-electron chi connectivity index (χ4n) is 3.45. The predicted octanol–water partition coefficient (Wildman–Crippen LogP) is 3.55. The molecule has 1 amide bonds. The summed E-state index contributed by atoms with van der Waals surface area (Å²) in [5.74, 6) is 0.745. The molecule has 4 nitrogen and oxygen atoms in total. The van der Waals surface area contributed by atoms with Crippen LogP contribution in [-0.2, 0) is 12.8 Å². The van der Waals surface area contributed by atoms with E-state index in [1.807, 2.05) is 41.4 Å². The van der Waals surface area contributed by atoms with Crippen LogP contribution >= 0.6 is 0 Å². The van der Waals surface area contributed by atoms with Crippen LogP contribution in [0.2, 0.25) is 0 Å². The van der Waals surface area contributed by atoms with Gasteiger partial charge in [-0.25, -0.2) is 0 Å². The second-order valence-corrected chi connectivity index (χ2v) is 5.89. The van der Waals surface area contributed by atoms with E-state index in [-0.39, 0.29) is 11.9 Å². The lowest BCUT2D eigenvalue weighted by Gasteiger charge is -2.21. The first-order valence-electron chi connectivity index (χ1n) is 7.89. The molecule has 0 N–H and O–H groups in total. The standard InChI is InChI=1S/C19H18N2O2/c1-3-12-9-16-15(10-18(12)23-2)19(22)21-14(11-20-16)8-13-6-4-5-7-17(13)21/h4-7,9-11,14H,3,8H2,1-2H3/t14-/m0/s1. The molecule has 2 aliphatic rings. The summed E-state index contributed by atoms with van der Waals surface area (Å²) in [6.45, 7) is 2.07. The van der Waals surface area contributed by atoms with Crippen molar-refractivity contribution < 1.29 is 9.53 Å². The van der Waals surface area contributed by atoms with Gasteiger partial charge in [-0.3, -0.25) is 14.7 Å². The van der Waals surface area contributed by atoms with Crippen molar-refractivity contribution in [3.8, 4) is 5.75 Å². The van der Waals surface area contributed by atoms with Gasteiger partial charge in [-0.2, -0.15) is 0 Å². The van der Waals surface area contributed by atoms with Crippen LogP contribution in [0.25, 0.3) is 0 Å². The summed E-state index contributed by atoms with van der Waals surface area (Å²) in [5.41, 5.74) is 4.59. The number of carbonyl (C=O) groups is 1. The third-order valence-corrected chi connectivity index (χ3v) is 4.63. The summed E-state index contributed by atoms with van der Waals surface area (Å²) >= 11 is 0. The summed E-state index contributed by atoms with van der Waals surface area (Å²) in [6.07, 6.45) is 3.56. The Balaban J connectivity index is 1.87. The molecule has 1 atom stereocenters. The van der Waals surface area contributed by atoms with Gasteiger partial charge in [0.1, 0.15) is 5.75 Å². The molecule has 0 bridgehead atoms. The minimum atomic E-state index is -0.0108. The smallest absolute Gasteiger partial charge is 0.261 e. The molecule has 0 saturated heterocycles. The van der Waals surface area contributed by atoms with Crippen LogP contribution in [0.1, 0.15) is 28.4 Å². The van der Waals surface area contributed by atoms with E-state index in [1.54, 1.807) is 7.11 Å². The molecule has 0 spiro atoms. The highest BCUT2D eigenvalue weighted by molar-refractivity contribution is 6.14. The van der Waals surface area contributed by atoms with Gasteiger partial charge >= 0.3 is 0 Å². The van der Waals surface area contributed by atoms with Crippen LogP contribution in [0.15, 0.2) is 41.4 Å². The summed E-state index contributed by atoms with van der Waals surface area (Å²) in [6, 6.07) is 11.9. The molecule has 0 fully saturated rings. The Morgan fingerprint density at radius 3 is 2.91 bits per heavy atom. The Hall–Kier alpha value is -2.62. The first-order chi connectivity index (χ1) is 11.2. The normalized spacial score (nSPS) is 18.3. The minimum absolute atomic E-state index is 0.00611. The molecular formula is C19H18N2O2. The van der Waals surface area contributed by atoms with Crippen molar-refractivity contribution in [2.45, 2.75) is 25.8 Å². The second-order valence-electron chi connectivity index (χ2n) is 5.89. The number of hydrogen-bond donors (Lipinski definition) is 0. The summed E-state index contributed by atoms with van der Waals surface area (Å²) in [7, 11) is 1.64. The first kappa shape index (κ1) is 14.0. The number of carbonyl (C=O) groups excluding carboxylic acids is 1. The zero-order valence-electron chi connectivity index (χ0n) is 13.2. The molecule has 0 saturated carbocycles. The van der Waals surface area contributed by atoms with Gasteiger partial charge in [0.2, 0.25) is 0 Å². The maximum atomic E-state index is 13.1. The van der Waals surface area contributed by atoms with Crippen molar-refractivity contribution in [3.05, 3.63) is 53.1 Å². The maximum Gasteiger partial charge on any atom is 0.261 e. The molecule has 4 heteroatoms. The van der Waals surface area contributed by atoms with Crippen LogP contribution in [-0.4, -0.2) is 25.3 Å². The number of aryl methyl sites for hydroxylation is 1. The maximum absolute atomic E-state index is 13.1. The van der Waals surface area contributed by atoms with Gasteiger partial charge in [0.15, 0.2) is 0 Å². The van der Waals surface area contributed by atoms with Gasteiger partial charge in [0, 0.05) is 18.3 Å². The molecule has 2 aliphatic heterocycles. The van der Waals surface area contributed by atoms with Crippen molar-refractivity contribution in [1.29, 1.82) is 0 Å². The highest BCUT2D eigenvalue weighted by Crippen LogP contribution is 2.38. The molecular weight excluding hydrogens is 288 g/mol. The van der Waals surface area contributed by atoms with Crippen LogP contribution < -0.4 is 9.64 Å². The van der Waals surface area contributed by atoms with E-state index in [9.17, 15) is 4.79 Å². The van der Waals surface area contributed by atoms with E-state index in [1.165, 1.54) is 5.56 Å². The Labute approximate surface area is 135 Å². The monoisotopic (exact) mass is 306 g/mol. The van der Waals surface area contributed by atoms with E-state index < -0.39 is 0 Å². The van der Waals surface area contributed by atoms with Crippen molar-refractivity contribution in [2.24, 2.45) is 4.99 Å². The van der Waals surface area contributed by atoms with Crippen molar-refractivity contribution >= 4 is 23.5 Å². The van der Waals surface area contributed by atoms with Crippen molar-refractivity contribution in [1.82, 2.24) is 0 Å². The number of rotatable bonds is 2. The lowest BCUT2D eigenvalue weighted by Crippen LogP contribution is -2.37.